The maximum atomic E-state index is 5.31. The second-order valence-electron chi connectivity index (χ2n) is 4.09. The third-order valence-electron chi connectivity index (χ3n) is 2.91. The van der Waals surface area contributed by atoms with Gasteiger partial charge in [-0.25, -0.2) is 0 Å². The molecule has 1 aromatic heterocycles. The molecule has 1 aliphatic heterocycles. The number of nitrogens with zero attached hydrogens (tertiary/aromatic N) is 2. The molecule has 2 heterocycles. The topological polar surface area (TPSA) is 51.0 Å². The van der Waals surface area contributed by atoms with E-state index in [1.807, 2.05) is 24.3 Å². The third-order valence-corrected chi connectivity index (χ3v) is 3.61. The third kappa shape index (κ3) is 2.12. The van der Waals surface area contributed by atoms with Crippen molar-refractivity contribution in [1.82, 2.24) is 15.5 Å². The zero-order chi connectivity index (χ0) is 11.7. The summed E-state index contributed by atoms with van der Waals surface area (Å²) in [5.41, 5.74) is 0.959. The molecule has 1 aliphatic rings. The van der Waals surface area contributed by atoms with Gasteiger partial charge < -0.3 is 9.84 Å². The first-order chi connectivity index (χ1) is 8.34. The summed E-state index contributed by atoms with van der Waals surface area (Å²) < 4.78 is 6.29. The molecule has 1 N–H and O–H groups in total. The van der Waals surface area contributed by atoms with E-state index in [1.165, 1.54) is 0 Å². The van der Waals surface area contributed by atoms with E-state index in [2.05, 4.69) is 31.4 Å². The first kappa shape index (κ1) is 10.9. The van der Waals surface area contributed by atoms with Crippen molar-refractivity contribution in [3.63, 3.8) is 0 Å². The number of benzene rings is 1. The molecular formula is C12H12BrN3O. The molecule has 1 atom stereocenters. The number of hydrogen-bond donors (Lipinski definition) is 1. The number of aromatic nitrogens is 2. The van der Waals surface area contributed by atoms with E-state index >= 15 is 0 Å². The van der Waals surface area contributed by atoms with Crippen LogP contribution in [0, 0.1) is 0 Å². The van der Waals surface area contributed by atoms with Gasteiger partial charge in [0.2, 0.25) is 11.7 Å². The SMILES string of the molecule is Brc1ccccc1-c1noc([C@@H]2CCCN2)n1. The Hall–Kier alpha value is -1.20. The summed E-state index contributed by atoms with van der Waals surface area (Å²) in [6.45, 7) is 1.03. The molecule has 1 fully saturated rings. The molecule has 3 rings (SSSR count). The molecule has 5 heteroatoms. The van der Waals surface area contributed by atoms with Crippen molar-refractivity contribution in [2.75, 3.05) is 6.54 Å². The highest BCUT2D eigenvalue weighted by Gasteiger charge is 2.22. The average Bonchev–Trinajstić information content (AvgIpc) is 3.00. The summed E-state index contributed by atoms with van der Waals surface area (Å²) in [7, 11) is 0. The maximum absolute atomic E-state index is 5.31. The summed E-state index contributed by atoms with van der Waals surface area (Å²) in [5.74, 6) is 1.33. The van der Waals surface area contributed by atoms with Crippen molar-refractivity contribution in [3.8, 4) is 11.4 Å². The van der Waals surface area contributed by atoms with Crippen LogP contribution in [0.15, 0.2) is 33.3 Å². The number of halogens is 1. The van der Waals surface area contributed by atoms with Crippen LogP contribution in [0.5, 0.6) is 0 Å². The van der Waals surface area contributed by atoms with E-state index in [9.17, 15) is 0 Å². The van der Waals surface area contributed by atoms with E-state index in [0.29, 0.717) is 11.7 Å². The van der Waals surface area contributed by atoms with Crippen molar-refractivity contribution in [2.45, 2.75) is 18.9 Å². The van der Waals surface area contributed by atoms with Crippen LogP contribution in [0.2, 0.25) is 0 Å². The summed E-state index contributed by atoms with van der Waals surface area (Å²) >= 11 is 3.49. The van der Waals surface area contributed by atoms with Crippen LogP contribution in [0.4, 0.5) is 0 Å². The van der Waals surface area contributed by atoms with Gasteiger partial charge in [0.1, 0.15) is 0 Å². The Morgan fingerprint density at radius 3 is 3.00 bits per heavy atom. The van der Waals surface area contributed by atoms with Gasteiger partial charge in [0.15, 0.2) is 0 Å². The number of rotatable bonds is 2. The van der Waals surface area contributed by atoms with E-state index in [-0.39, 0.29) is 6.04 Å². The Kier molecular flexibility index (Phi) is 2.94. The van der Waals surface area contributed by atoms with Gasteiger partial charge in [-0.15, -0.1) is 0 Å². The van der Waals surface area contributed by atoms with Gasteiger partial charge >= 0.3 is 0 Å². The molecule has 17 heavy (non-hydrogen) atoms. The Balaban J connectivity index is 1.92. The molecule has 0 radical (unpaired) electrons. The fraction of sp³-hybridized carbons (Fsp3) is 0.333. The van der Waals surface area contributed by atoms with Crippen molar-refractivity contribution in [3.05, 3.63) is 34.6 Å². The maximum Gasteiger partial charge on any atom is 0.244 e. The van der Waals surface area contributed by atoms with E-state index in [4.69, 9.17) is 4.52 Å². The Bertz CT molecular complexity index is 520. The molecule has 0 amide bonds. The highest BCUT2D eigenvalue weighted by molar-refractivity contribution is 9.10. The summed E-state index contributed by atoms with van der Waals surface area (Å²) in [4.78, 5) is 4.45. The quantitative estimate of drug-likeness (QED) is 0.925. The molecule has 0 bridgehead atoms. The summed E-state index contributed by atoms with van der Waals surface area (Å²) in [5, 5.41) is 7.38. The highest BCUT2D eigenvalue weighted by Crippen LogP contribution is 2.28. The zero-order valence-corrected chi connectivity index (χ0v) is 10.8. The second kappa shape index (κ2) is 4.58. The molecule has 0 aliphatic carbocycles. The molecule has 0 saturated carbocycles. The van der Waals surface area contributed by atoms with Crippen LogP contribution >= 0.6 is 15.9 Å². The van der Waals surface area contributed by atoms with Gasteiger partial charge in [-0.05, 0) is 31.5 Å². The zero-order valence-electron chi connectivity index (χ0n) is 9.19. The Morgan fingerprint density at radius 1 is 1.35 bits per heavy atom. The lowest BCUT2D eigenvalue weighted by atomic mass is 10.2. The molecule has 0 unspecified atom stereocenters. The van der Waals surface area contributed by atoms with Crippen LogP contribution in [-0.4, -0.2) is 16.7 Å². The van der Waals surface area contributed by atoms with Gasteiger partial charge in [0.25, 0.3) is 0 Å². The first-order valence-electron chi connectivity index (χ1n) is 5.66. The van der Waals surface area contributed by atoms with Crippen LogP contribution in [0.1, 0.15) is 24.8 Å². The molecule has 1 aromatic carbocycles. The van der Waals surface area contributed by atoms with Crippen molar-refractivity contribution in [2.24, 2.45) is 0 Å². The number of nitrogens with one attached hydrogen (secondary N) is 1. The molecular weight excluding hydrogens is 282 g/mol. The van der Waals surface area contributed by atoms with E-state index < -0.39 is 0 Å². The standard InChI is InChI=1S/C12H12BrN3O/c13-9-5-2-1-4-8(9)11-15-12(17-16-11)10-6-3-7-14-10/h1-2,4-5,10,14H,3,6-7H2/t10-/m0/s1. The predicted molar refractivity (Wildman–Crippen MR) is 67.4 cm³/mol. The van der Waals surface area contributed by atoms with Gasteiger partial charge in [0.05, 0.1) is 6.04 Å². The lowest BCUT2D eigenvalue weighted by molar-refractivity contribution is 0.345. The summed E-state index contributed by atoms with van der Waals surface area (Å²) in [6.07, 6.45) is 2.23. The molecule has 1 saturated heterocycles. The minimum absolute atomic E-state index is 0.221. The number of hydrogen-bond acceptors (Lipinski definition) is 4. The van der Waals surface area contributed by atoms with Crippen molar-refractivity contribution >= 4 is 15.9 Å². The van der Waals surface area contributed by atoms with Crippen LogP contribution < -0.4 is 5.32 Å². The van der Waals surface area contributed by atoms with Crippen molar-refractivity contribution in [1.29, 1.82) is 0 Å². The van der Waals surface area contributed by atoms with Gasteiger partial charge in [-0.2, -0.15) is 4.98 Å². The van der Waals surface area contributed by atoms with Crippen LogP contribution in [0.25, 0.3) is 11.4 Å². The predicted octanol–water partition coefficient (Wildman–Crippen LogP) is 2.92. The smallest absolute Gasteiger partial charge is 0.244 e. The lowest BCUT2D eigenvalue weighted by Crippen LogP contribution is -2.12. The summed E-state index contributed by atoms with van der Waals surface area (Å²) in [6, 6.07) is 8.09. The van der Waals surface area contributed by atoms with Gasteiger partial charge in [-0.3, -0.25) is 0 Å². The van der Waals surface area contributed by atoms with Gasteiger partial charge in [0, 0.05) is 10.0 Å². The normalized spacial score (nSPS) is 19.7. The lowest BCUT2D eigenvalue weighted by Gasteiger charge is -2.01. The molecule has 4 nitrogen and oxygen atoms in total. The van der Waals surface area contributed by atoms with Gasteiger partial charge in [-0.1, -0.05) is 33.2 Å². The van der Waals surface area contributed by atoms with E-state index in [1.54, 1.807) is 0 Å². The van der Waals surface area contributed by atoms with E-state index in [0.717, 1.165) is 29.4 Å². The Labute approximate surface area is 108 Å². The Morgan fingerprint density at radius 2 is 2.24 bits per heavy atom. The second-order valence-corrected chi connectivity index (χ2v) is 4.94. The van der Waals surface area contributed by atoms with Crippen LogP contribution in [0.3, 0.4) is 0 Å². The molecule has 88 valence electrons. The highest BCUT2D eigenvalue weighted by atomic mass is 79.9. The average molecular weight is 294 g/mol. The first-order valence-corrected chi connectivity index (χ1v) is 6.46. The molecule has 0 spiro atoms. The van der Waals surface area contributed by atoms with Crippen molar-refractivity contribution < 1.29 is 4.52 Å². The largest absolute Gasteiger partial charge is 0.337 e. The monoisotopic (exact) mass is 293 g/mol. The fourth-order valence-corrected chi connectivity index (χ4v) is 2.49. The van der Waals surface area contributed by atoms with Crippen LogP contribution in [-0.2, 0) is 0 Å². The fourth-order valence-electron chi connectivity index (χ4n) is 2.02. The minimum atomic E-state index is 0.221. The molecule has 2 aromatic rings. The minimum Gasteiger partial charge on any atom is -0.337 e.